The Morgan fingerprint density at radius 1 is 1.04 bits per heavy atom. The third-order valence-electron chi connectivity index (χ3n) is 4.33. The van der Waals surface area contributed by atoms with Crippen LogP contribution in [-0.4, -0.2) is 32.4 Å². The number of nitrogens with zero attached hydrogens (tertiary/aromatic N) is 1. The fraction of sp³-hybridized carbons (Fsp3) is 0.389. The number of hydrogen-bond acceptors (Lipinski definition) is 4. The summed E-state index contributed by atoms with van der Waals surface area (Å²) in [5, 5.41) is 2.83. The summed E-state index contributed by atoms with van der Waals surface area (Å²) in [7, 11) is -3.64. The number of rotatable bonds is 5. The molecule has 3 rings (SSSR count). The van der Waals surface area contributed by atoms with Crippen LogP contribution in [0.25, 0.3) is 0 Å². The van der Waals surface area contributed by atoms with Crippen molar-refractivity contribution in [2.45, 2.75) is 37.1 Å². The lowest BCUT2D eigenvalue weighted by atomic mass is 10.2. The zero-order valence-electron chi connectivity index (χ0n) is 14.5. The Bertz CT molecular complexity index is 809. The number of furan rings is 1. The highest BCUT2D eigenvalue weighted by Crippen LogP contribution is 2.16. The minimum absolute atomic E-state index is 0.0861. The van der Waals surface area contributed by atoms with E-state index in [0.29, 0.717) is 11.4 Å². The number of urea groups is 1. The Kier molecular flexibility index (Phi) is 5.95. The van der Waals surface area contributed by atoms with E-state index in [1.807, 2.05) is 4.90 Å². The van der Waals surface area contributed by atoms with Gasteiger partial charge in [-0.3, -0.25) is 0 Å². The number of carbonyl (C=O) groups is 1. The van der Waals surface area contributed by atoms with Gasteiger partial charge < -0.3 is 14.6 Å². The van der Waals surface area contributed by atoms with E-state index in [2.05, 4.69) is 10.0 Å². The topological polar surface area (TPSA) is 91.6 Å². The van der Waals surface area contributed by atoms with Crippen LogP contribution in [0.3, 0.4) is 0 Å². The normalized spacial score (nSPS) is 15.5. The van der Waals surface area contributed by atoms with E-state index in [1.54, 1.807) is 24.3 Å². The fourth-order valence-corrected chi connectivity index (χ4v) is 3.85. The number of benzene rings is 1. The first-order valence-electron chi connectivity index (χ1n) is 8.73. The molecule has 2 N–H and O–H groups in total. The molecule has 7 nitrogen and oxygen atoms in total. The summed E-state index contributed by atoms with van der Waals surface area (Å²) < 4.78 is 32.2. The van der Waals surface area contributed by atoms with Crippen LogP contribution in [0.4, 0.5) is 10.5 Å². The van der Waals surface area contributed by atoms with Crippen molar-refractivity contribution in [3.63, 3.8) is 0 Å². The predicted molar refractivity (Wildman–Crippen MR) is 98.2 cm³/mol. The molecule has 0 unspecified atom stereocenters. The van der Waals surface area contributed by atoms with Crippen molar-refractivity contribution in [1.82, 2.24) is 9.62 Å². The number of anilines is 1. The average Bonchev–Trinajstić information content (AvgIpc) is 3.01. The van der Waals surface area contributed by atoms with Crippen molar-refractivity contribution in [3.05, 3.63) is 48.4 Å². The first-order chi connectivity index (χ1) is 12.5. The van der Waals surface area contributed by atoms with Gasteiger partial charge in [0.25, 0.3) is 0 Å². The molecule has 2 heterocycles. The second-order valence-electron chi connectivity index (χ2n) is 6.26. The summed E-state index contributed by atoms with van der Waals surface area (Å²) in [5.74, 6) is 0.537. The van der Waals surface area contributed by atoms with Crippen molar-refractivity contribution < 1.29 is 17.6 Å². The molecular formula is C18H23N3O4S. The maximum absolute atomic E-state index is 12.3. The zero-order chi connectivity index (χ0) is 18.4. The molecule has 1 aromatic carbocycles. The van der Waals surface area contributed by atoms with Gasteiger partial charge in [-0.1, -0.05) is 12.8 Å². The van der Waals surface area contributed by atoms with Gasteiger partial charge in [0.05, 0.1) is 17.7 Å². The van der Waals surface area contributed by atoms with E-state index in [4.69, 9.17) is 4.42 Å². The maximum Gasteiger partial charge on any atom is 0.321 e. The molecule has 8 heteroatoms. The van der Waals surface area contributed by atoms with Crippen molar-refractivity contribution in [2.24, 2.45) is 0 Å². The fourth-order valence-electron chi connectivity index (χ4n) is 2.86. The van der Waals surface area contributed by atoms with Gasteiger partial charge in [0.1, 0.15) is 5.76 Å². The predicted octanol–water partition coefficient (Wildman–Crippen LogP) is 3.17. The molecule has 2 amide bonds. The molecule has 1 aliphatic rings. The van der Waals surface area contributed by atoms with Crippen LogP contribution in [0, 0.1) is 0 Å². The summed E-state index contributed by atoms with van der Waals surface area (Å²) in [4.78, 5) is 14.3. The molecule has 0 bridgehead atoms. The van der Waals surface area contributed by atoms with Crippen LogP contribution in [0.1, 0.15) is 31.4 Å². The largest absolute Gasteiger partial charge is 0.468 e. The number of sulfonamides is 1. The van der Waals surface area contributed by atoms with Gasteiger partial charge >= 0.3 is 6.03 Å². The van der Waals surface area contributed by atoms with Crippen molar-refractivity contribution >= 4 is 21.7 Å². The molecule has 0 spiro atoms. The van der Waals surface area contributed by atoms with E-state index < -0.39 is 10.0 Å². The molecule has 0 aliphatic carbocycles. The van der Waals surface area contributed by atoms with Crippen LogP contribution in [0.5, 0.6) is 0 Å². The monoisotopic (exact) mass is 377 g/mol. The summed E-state index contributed by atoms with van der Waals surface area (Å²) in [6.07, 6.45) is 5.84. The molecule has 1 aromatic heterocycles. The van der Waals surface area contributed by atoms with Gasteiger partial charge in [-0.05, 0) is 49.2 Å². The lowest BCUT2D eigenvalue weighted by Gasteiger charge is -2.20. The SMILES string of the molecule is O=C(Nc1ccc(S(=O)(=O)NCc2ccco2)cc1)N1CCCCCC1. The average molecular weight is 377 g/mol. The standard InChI is InChI=1S/C18H23N3O4S/c22-18(21-11-3-1-2-4-12-21)20-15-7-9-17(10-8-15)26(23,24)19-14-16-6-5-13-25-16/h5-10,13,19H,1-4,11-12,14H2,(H,20,22). The molecule has 140 valence electrons. The second-order valence-corrected chi connectivity index (χ2v) is 8.03. The minimum Gasteiger partial charge on any atom is -0.468 e. The summed E-state index contributed by atoms with van der Waals surface area (Å²) in [6.45, 7) is 1.60. The van der Waals surface area contributed by atoms with Gasteiger partial charge in [-0.15, -0.1) is 0 Å². The van der Waals surface area contributed by atoms with Crippen molar-refractivity contribution in [3.8, 4) is 0 Å². The third-order valence-corrected chi connectivity index (χ3v) is 5.74. The van der Waals surface area contributed by atoms with Crippen LogP contribution in [0.15, 0.2) is 52.0 Å². The Labute approximate surface area is 153 Å². The summed E-state index contributed by atoms with van der Waals surface area (Å²) in [6, 6.07) is 9.40. The Balaban J connectivity index is 1.59. The molecule has 0 atom stereocenters. The van der Waals surface area contributed by atoms with E-state index in [-0.39, 0.29) is 17.5 Å². The lowest BCUT2D eigenvalue weighted by Crippen LogP contribution is -2.35. The van der Waals surface area contributed by atoms with E-state index in [1.165, 1.54) is 18.4 Å². The smallest absolute Gasteiger partial charge is 0.321 e. The molecule has 0 saturated carbocycles. The van der Waals surface area contributed by atoms with E-state index in [9.17, 15) is 13.2 Å². The summed E-state index contributed by atoms with van der Waals surface area (Å²) >= 11 is 0. The highest BCUT2D eigenvalue weighted by Gasteiger charge is 2.17. The summed E-state index contributed by atoms with van der Waals surface area (Å²) in [5.41, 5.74) is 0.573. The van der Waals surface area contributed by atoms with Crippen LogP contribution >= 0.6 is 0 Å². The van der Waals surface area contributed by atoms with E-state index in [0.717, 1.165) is 38.8 Å². The minimum atomic E-state index is -3.64. The van der Waals surface area contributed by atoms with Gasteiger partial charge in [0, 0.05) is 18.8 Å². The first kappa shape index (κ1) is 18.5. The van der Waals surface area contributed by atoms with Crippen LogP contribution in [0.2, 0.25) is 0 Å². The number of hydrogen-bond donors (Lipinski definition) is 2. The van der Waals surface area contributed by atoms with Gasteiger partial charge in [0.2, 0.25) is 10.0 Å². The number of carbonyl (C=O) groups excluding carboxylic acids is 1. The first-order valence-corrected chi connectivity index (χ1v) is 10.2. The van der Waals surface area contributed by atoms with Gasteiger partial charge in [-0.25, -0.2) is 17.9 Å². The van der Waals surface area contributed by atoms with Crippen LogP contribution < -0.4 is 10.0 Å². The highest BCUT2D eigenvalue weighted by atomic mass is 32.2. The van der Waals surface area contributed by atoms with Crippen molar-refractivity contribution in [1.29, 1.82) is 0 Å². The maximum atomic E-state index is 12.3. The molecule has 1 fully saturated rings. The number of likely N-dealkylation sites (tertiary alicyclic amines) is 1. The van der Waals surface area contributed by atoms with Gasteiger partial charge in [0.15, 0.2) is 0 Å². The molecule has 2 aromatic rings. The Morgan fingerprint density at radius 3 is 2.35 bits per heavy atom. The van der Waals surface area contributed by atoms with E-state index >= 15 is 0 Å². The molecule has 1 aliphatic heterocycles. The molecule has 0 radical (unpaired) electrons. The van der Waals surface area contributed by atoms with Crippen LogP contribution in [-0.2, 0) is 16.6 Å². The third kappa shape index (κ3) is 4.86. The Hall–Kier alpha value is -2.32. The molecule has 26 heavy (non-hydrogen) atoms. The highest BCUT2D eigenvalue weighted by molar-refractivity contribution is 7.89. The van der Waals surface area contributed by atoms with Gasteiger partial charge in [-0.2, -0.15) is 0 Å². The number of amides is 2. The Morgan fingerprint density at radius 2 is 1.73 bits per heavy atom. The van der Waals surface area contributed by atoms with Crippen molar-refractivity contribution in [2.75, 3.05) is 18.4 Å². The lowest BCUT2D eigenvalue weighted by molar-refractivity contribution is 0.214. The molecular weight excluding hydrogens is 354 g/mol. The zero-order valence-corrected chi connectivity index (χ0v) is 15.3. The quantitative estimate of drug-likeness (QED) is 0.837. The second kappa shape index (κ2) is 8.37. The number of nitrogens with one attached hydrogen (secondary N) is 2. The molecule has 1 saturated heterocycles.